The summed E-state index contributed by atoms with van der Waals surface area (Å²) >= 11 is 0. The van der Waals surface area contributed by atoms with Crippen LogP contribution < -0.4 is 5.73 Å². The number of hydrogen-bond acceptors (Lipinski definition) is 3. The van der Waals surface area contributed by atoms with Gasteiger partial charge in [-0.05, 0) is 0 Å². The average Bonchev–Trinajstić information content (AvgIpc) is 1.61. The van der Waals surface area contributed by atoms with Gasteiger partial charge in [0.15, 0.2) is 0 Å². The molecule has 0 aromatic rings. The van der Waals surface area contributed by atoms with E-state index >= 15 is 0 Å². The summed E-state index contributed by atoms with van der Waals surface area (Å²) in [4.78, 5) is 9.73. The molecule has 0 bridgehead atoms. The zero-order valence-corrected chi connectivity index (χ0v) is 4.60. The normalized spacial score (nSPS) is 7.00. The summed E-state index contributed by atoms with van der Waals surface area (Å²) in [5.74, 6) is -0.825. The highest BCUT2D eigenvalue weighted by molar-refractivity contribution is 7.70. The number of carbonyl (C=O) groups is 1. The number of carbonyl (C=O) groups excluding carboxylic acids is 1. The molecule has 1 amide bonds. The Labute approximate surface area is 47.1 Å². The summed E-state index contributed by atoms with van der Waals surface area (Å²) in [5.41, 5.74) is 4.51. The quantitative estimate of drug-likeness (QED) is 0.342. The number of primary amides is 1. The summed E-state index contributed by atoms with van der Waals surface area (Å²) in [5, 5.41) is 1.66. The minimum Gasteiger partial charge on any atom is -0.366 e. The molecule has 0 atom stereocenters. The lowest BCUT2D eigenvalue weighted by atomic mass is 10.6. The Hall–Kier alpha value is -1.06. The second-order valence-electron chi connectivity index (χ2n) is 0.899. The van der Waals surface area contributed by atoms with Gasteiger partial charge in [0.2, 0.25) is 5.91 Å². The molecular weight excluding hydrogens is 130 g/mol. The lowest BCUT2D eigenvalue weighted by molar-refractivity contribution is -0.113. The van der Waals surface area contributed by atoms with Gasteiger partial charge in [-0.1, -0.05) is 0 Å². The highest BCUT2D eigenvalue weighted by Gasteiger charge is 1.75. The van der Waals surface area contributed by atoms with E-state index in [0.717, 1.165) is 0 Å². The zero-order valence-electron chi connectivity index (χ0n) is 3.79. The monoisotopic (exact) mass is 133 g/mol. The van der Waals surface area contributed by atoms with Gasteiger partial charge >= 0.3 is 0 Å². The molecule has 4 nitrogen and oxygen atoms in total. The topological polar surface area (TPSA) is 77.2 Å². The molecule has 0 saturated heterocycles. The van der Waals surface area contributed by atoms with Gasteiger partial charge in [-0.25, -0.2) is 0 Å². The van der Waals surface area contributed by atoms with Gasteiger partial charge in [-0.3, -0.25) is 4.79 Å². The number of amides is 1. The van der Waals surface area contributed by atoms with Crippen molar-refractivity contribution in [2.45, 2.75) is 0 Å². The molecule has 0 aliphatic rings. The maximum Gasteiger partial charge on any atom is 0.260 e. The first-order chi connectivity index (χ1) is 3.63. The molecule has 0 radical (unpaired) electrons. The average molecular weight is 133 g/mol. The summed E-state index contributed by atoms with van der Waals surface area (Å²) in [6, 6.07) is 0. The second-order valence-corrected chi connectivity index (χ2v) is 1.60. The lowest BCUT2D eigenvalue weighted by Gasteiger charge is -1.65. The van der Waals surface area contributed by atoms with Crippen LogP contribution in [0.15, 0.2) is 6.08 Å². The smallest absolute Gasteiger partial charge is 0.260 e. The number of nitrogens with two attached hydrogens (primary N) is 1. The van der Waals surface area contributed by atoms with Crippen LogP contribution >= 0.6 is 0 Å². The van der Waals surface area contributed by atoms with Gasteiger partial charge in [0.25, 0.3) is 10.3 Å². The fourth-order valence-electron chi connectivity index (χ4n) is 0.106. The van der Waals surface area contributed by atoms with Gasteiger partial charge in [-0.15, -0.1) is 0 Å². The number of rotatable bonds is 1. The molecule has 2 N–H and O–H groups in total. The SMILES string of the molecule is NC(=O)C=C=S(=O)=O. The van der Waals surface area contributed by atoms with E-state index in [9.17, 15) is 13.2 Å². The predicted octanol–water partition coefficient (Wildman–Crippen LogP) is -1.69. The first-order valence-electron chi connectivity index (χ1n) is 1.61. The molecule has 44 valence electrons. The fourth-order valence-corrected chi connectivity index (χ4v) is 0.319. The third-order valence-corrected chi connectivity index (χ3v) is 0.608. The van der Waals surface area contributed by atoms with Gasteiger partial charge in [0.1, 0.15) is 0 Å². The van der Waals surface area contributed by atoms with Crippen molar-refractivity contribution in [2.24, 2.45) is 5.73 Å². The molecule has 5 heteroatoms. The molecule has 0 aliphatic heterocycles. The van der Waals surface area contributed by atoms with Crippen LogP contribution in [0.25, 0.3) is 0 Å². The van der Waals surface area contributed by atoms with Crippen molar-refractivity contribution in [3.05, 3.63) is 6.08 Å². The first-order valence-corrected chi connectivity index (χ1v) is 2.68. The molecule has 0 saturated carbocycles. The minimum absolute atomic E-state index is 0.642. The standard InChI is InChI=1S/C3H3NO3S/c4-3(5)1-2-8(6)7/h1H,(H2,4,5). The van der Waals surface area contributed by atoms with Crippen molar-refractivity contribution in [3.8, 4) is 0 Å². The summed E-state index contributed by atoms with van der Waals surface area (Å²) < 4.78 is 19.1. The van der Waals surface area contributed by atoms with E-state index in [4.69, 9.17) is 0 Å². The van der Waals surface area contributed by atoms with Crippen molar-refractivity contribution in [1.29, 1.82) is 0 Å². The third-order valence-electron chi connectivity index (χ3n) is 0.297. The molecule has 0 unspecified atom stereocenters. The van der Waals surface area contributed by atoms with E-state index < -0.39 is 16.2 Å². The van der Waals surface area contributed by atoms with Crippen LogP contribution in [0.3, 0.4) is 0 Å². The molecule has 0 fully saturated rings. The van der Waals surface area contributed by atoms with Crippen LogP contribution in [-0.4, -0.2) is 19.3 Å². The Kier molecular flexibility index (Phi) is 2.61. The maximum absolute atomic E-state index is 9.73. The first kappa shape index (κ1) is 6.94. The number of hydrogen-bond donors (Lipinski definition) is 1. The molecule has 8 heavy (non-hydrogen) atoms. The van der Waals surface area contributed by atoms with Crippen LogP contribution in [0, 0.1) is 0 Å². The summed E-state index contributed by atoms with van der Waals surface area (Å²) in [6.45, 7) is 0. The maximum atomic E-state index is 9.73. The van der Waals surface area contributed by atoms with E-state index in [1.807, 2.05) is 0 Å². The van der Waals surface area contributed by atoms with E-state index in [1.165, 1.54) is 0 Å². The highest BCUT2D eigenvalue weighted by atomic mass is 32.2. The van der Waals surface area contributed by atoms with Gasteiger partial charge < -0.3 is 5.73 Å². The Morgan fingerprint density at radius 3 is 2.25 bits per heavy atom. The predicted molar refractivity (Wildman–Crippen MR) is 27.7 cm³/mol. The third kappa shape index (κ3) is 4.94. The van der Waals surface area contributed by atoms with E-state index in [-0.39, 0.29) is 0 Å². The van der Waals surface area contributed by atoms with Crippen molar-refractivity contribution >= 4 is 21.2 Å². The zero-order chi connectivity index (χ0) is 6.57. The highest BCUT2D eigenvalue weighted by Crippen LogP contribution is 1.50. The molecule has 0 rings (SSSR count). The largest absolute Gasteiger partial charge is 0.366 e. The van der Waals surface area contributed by atoms with E-state index in [0.29, 0.717) is 6.08 Å². The van der Waals surface area contributed by atoms with Crippen LogP contribution in [0.2, 0.25) is 0 Å². The van der Waals surface area contributed by atoms with Crippen molar-refractivity contribution in [3.63, 3.8) is 0 Å². The van der Waals surface area contributed by atoms with Crippen molar-refractivity contribution in [1.82, 2.24) is 0 Å². The molecule has 0 aromatic carbocycles. The Balaban J connectivity index is 4.52. The Bertz CT molecular complexity index is 236. The van der Waals surface area contributed by atoms with E-state index in [2.05, 4.69) is 5.73 Å². The second kappa shape index (κ2) is 3.01. The van der Waals surface area contributed by atoms with Gasteiger partial charge in [0, 0.05) is 5.02 Å². The molecule has 0 heterocycles. The van der Waals surface area contributed by atoms with E-state index in [1.54, 1.807) is 5.02 Å². The van der Waals surface area contributed by atoms with Gasteiger partial charge in [-0.2, -0.15) is 8.42 Å². The summed E-state index contributed by atoms with van der Waals surface area (Å²) in [6.07, 6.45) is 0.642. The van der Waals surface area contributed by atoms with Crippen molar-refractivity contribution < 1.29 is 13.2 Å². The minimum atomic E-state index is -2.44. The molecule has 0 aliphatic carbocycles. The molecular formula is C3H3NO3S. The fraction of sp³-hybridized carbons (Fsp3) is 0. The lowest BCUT2D eigenvalue weighted by Crippen LogP contribution is -2.05. The van der Waals surface area contributed by atoms with Crippen molar-refractivity contribution in [2.75, 3.05) is 0 Å². The molecule has 0 spiro atoms. The Morgan fingerprint density at radius 1 is 1.62 bits per heavy atom. The van der Waals surface area contributed by atoms with Crippen LogP contribution in [0.4, 0.5) is 0 Å². The molecule has 0 aromatic heterocycles. The summed E-state index contributed by atoms with van der Waals surface area (Å²) in [7, 11) is -2.44. The van der Waals surface area contributed by atoms with Crippen LogP contribution in [-0.2, 0) is 15.1 Å². The Morgan fingerprint density at radius 2 is 2.12 bits per heavy atom. The van der Waals surface area contributed by atoms with Crippen LogP contribution in [0.5, 0.6) is 0 Å². The van der Waals surface area contributed by atoms with Gasteiger partial charge in [0.05, 0.1) is 6.08 Å². The van der Waals surface area contributed by atoms with Crippen LogP contribution in [0.1, 0.15) is 0 Å².